The van der Waals surface area contributed by atoms with Gasteiger partial charge in [-0.2, -0.15) is 4.98 Å². The standard InChI is InChI=1S/C21H20Cl2N4O2/c1-14(28)26(12-15-6-4-3-5-7-15)19-18(20(29)24-2)27(21(23)25-19)13-16-8-10-17(22)11-9-16/h3-11,22H,12-13H2,1-2H3/p+1. The van der Waals surface area contributed by atoms with Gasteiger partial charge in [-0.1, -0.05) is 42.5 Å². The summed E-state index contributed by atoms with van der Waals surface area (Å²) in [7, 11) is 1.53. The molecule has 0 fully saturated rings. The number of nitrogens with zero attached hydrogens (tertiary/aromatic N) is 3. The van der Waals surface area contributed by atoms with Gasteiger partial charge in [0.1, 0.15) is 0 Å². The predicted octanol–water partition coefficient (Wildman–Crippen LogP) is 3.19. The molecule has 0 spiro atoms. The van der Waals surface area contributed by atoms with Gasteiger partial charge in [0.05, 0.1) is 13.1 Å². The van der Waals surface area contributed by atoms with E-state index in [0.29, 0.717) is 6.54 Å². The number of rotatable bonds is 6. The number of hydrogen-bond donors (Lipinski definition) is 1. The van der Waals surface area contributed by atoms with Crippen molar-refractivity contribution >= 4 is 29.2 Å². The maximum Gasteiger partial charge on any atom is 0.271 e. The van der Waals surface area contributed by atoms with Crippen LogP contribution in [0.5, 0.6) is 0 Å². The third-order valence-electron chi connectivity index (χ3n) is 4.43. The zero-order valence-corrected chi connectivity index (χ0v) is 17.6. The lowest BCUT2D eigenvalue weighted by Crippen LogP contribution is -2.32. The molecule has 3 rings (SSSR count). The Hall–Kier alpha value is -2.83. The zero-order valence-electron chi connectivity index (χ0n) is 16.1. The molecule has 0 aliphatic rings. The molecular weight excluding hydrogens is 411 g/mol. The highest BCUT2D eigenvalue weighted by Crippen LogP contribution is 2.27. The van der Waals surface area contributed by atoms with Crippen molar-refractivity contribution in [3.05, 3.63) is 81.7 Å². The predicted molar refractivity (Wildman–Crippen MR) is 110 cm³/mol. The number of carbonyl (C=O) groups is 2. The summed E-state index contributed by atoms with van der Waals surface area (Å²) >= 11 is 11.5. The van der Waals surface area contributed by atoms with Crippen LogP contribution in [0.4, 0.5) is 5.82 Å². The van der Waals surface area contributed by atoms with E-state index in [1.54, 1.807) is 4.57 Å². The summed E-state index contributed by atoms with van der Waals surface area (Å²) in [5, 5.41) is 3.47. The summed E-state index contributed by atoms with van der Waals surface area (Å²) in [6, 6.07) is 16.9. The first-order valence-electron chi connectivity index (χ1n) is 8.96. The van der Waals surface area contributed by atoms with Gasteiger partial charge in [-0.05, 0) is 22.7 Å². The average molecular weight is 432 g/mol. The topological polar surface area (TPSA) is 67.2 Å². The summed E-state index contributed by atoms with van der Waals surface area (Å²) in [6.45, 7) is 2.03. The second kappa shape index (κ2) is 9.11. The minimum atomic E-state index is -0.376. The molecule has 0 aliphatic carbocycles. The Morgan fingerprint density at radius 2 is 1.76 bits per heavy atom. The molecule has 1 N–H and O–H groups in total. The first kappa shape index (κ1) is 20.9. The van der Waals surface area contributed by atoms with Crippen molar-refractivity contribution in [3.63, 3.8) is 0 Å². The third kappa shape index (κ3) is 4.78. The molecule has 0 saturated heterocycles. The second-order valence-corrected chi connectivity index (χ2v) is 7.26. The molecule has 0 saturated carbocycles. The largest absolute Gasteiger partial charge is 0.354 e. The van der Waals surface area contributed by atoms with Crippen LogP contribution in [0.1, 0.15) is 28.5 Å². The van der Waals surface area contributed by atoms with E-state index in [9.17, 15) is 9.59 Å². The van der Waals surface area contributed by atoms with Crippen LogP contribution in [0.25, 0.3) is 0 Å². The van der Waals surface area contributed by atoms with E-state index in [1.165, 1.54) is 18.9 Å². The van der Waals surface area contributed by atoms with Gasteiger partial charge in [-0.3, -0.25) is 14.5 Å². The van der Waals surface area contributed by atoms with E-state index >= 15 is 0 Å². The maximum absolute atomic E-state index is 12.7. The maximum atomic E-state index is 12.7. The van der Waals surface area contributed by atoms with E-state index in [0.717, 1.165) is 16.1 Å². The molecule has 3 aromatic rings. The molecule has 1 heterocycles. The average Bonchev–Trinajstić information content (AvgIpc) is 3.03. The van der Waals surface area contributed by atoms with Crippen LogP contribution in [-0.4, -0.2) is 28.4 Å². The molecular formula is C21H21Cl2N4O2+. The van der Waals surface area contributed by atoms with Crippen molar-refractivity contribution in [2.24, 2.45) is 0 Å². The first-order chi connectivity index (χ1) is 13.9. The van der Waals surface area contributed by atoms with Gasteiger partial charge in [0.15, 0.2) is 23.1 Å². The minimum absolute atomic E-state index is 0.125. The molecule has 1 aromatic heterocycles. The molecule has 0 radical (unpaired) electrons. The van der Waals surface area contributed by atoms with Crippen molar-refractivity contribution in [1.29, 1.82) is 0 Å². The highest BCUT2D eigenvalue weighted by Gasteiger charge is 2.28. The van der Waals surface area contributed by atoms with Gasteiger partial charge in [0, 0.05) is 26.1 Å². The molecule has 29 heavy (non-hydrogen) atoms. The molecule has 0 unspecified atom stereocenters. The Balaban J connectivity index is 2.06. The van der Waals surface area contributed by atoms with Crippen LogP contribution >= 0.6 is 11.6 Å². The summed E-state index contributed by atoms with van der Waals surface area (Å²) in [4.78, 5) is 30.9. The van der Waals surface area contributed by atoms with Gasteiger partial charge in [-0.25, -0.2) is 0 Å². The Morgan fingerprint density at radius 3 is 2.34 bits per heavy atom. The fraction of sp³-hybridized carbons (Fsp3) is 0.190. The van der Waals surface area contributed by atoms with Crippen LogP contribution in [0.3, 0.4) is 0 Å². The van der Waals surface area contributed by atoms with E-state index in [2.05, 4.69) is 10.3 Å². The smallest absolute Gasteiger partial charge is 0.271 e. The van der Waals surface area contributed by atoms with Crippen LogP contribution in [-0.2, 0) is 17.9 Å². The molecule has 0 bridgehead atoms. The van der Waals surface area contributed by atoms with Crippen molar-refractivity contribution in [3.8, 4) is 0 Å². The number of amides is 2. The third-order valence-corrected chi connectivity index (χ3v) is 4.99. The van der Waals surface area contributed by atoms with Gasteiger partial charge >= 0.3 is 0 Å². The fourth-order valence-corrected chi connectivity index (χ4v) is 3.33. The summed E-state index contributed by atoms with van der Waals surface area (Å²) in [6.07, 6.45) is 0. The molecule has 6 nitrogen and oxygen atoms in total. The summed E-state index contributed by atoms with van der Waals surface area (Å²) in [5.41, 5.74) is 2.05. The van der Waals surface area contributed by atoms with Crippen LogP contribution in [0.2, 0.25) is 10.3 Å². The summed E-state index contributed by atoms with van der Waals surface area (Å²) < 4.78 is 1.59. The molecule has 150 valence electrons. The first-order valence-corrected chi connectivity index (χ1v) is 9.75. The van der Waals surface area contributed by atoms with Crippen molar-refractivity contribution < 1.29 is 21.2 Å². The molecule has 0 atom stereocenters. The Kier molecular flexibility index (Phi) is 6.56. The fourth-order valence-electron chi connectivity index (χ4n) is 2.97. The number of benzene rings is 2. The summed E-state index contributed by atoms with van der Waals surface area (Å²) in [5.74, 6) is -0.389. The van der Waals surface area contributed by atoms with Crippen LogP contribution in [0, 0.1) is 11.6 Å². The van der Waals surface area contributed by atoms with E-state index < -0.39 is 0 Å². The van der Waals surface area contributed by atoms with E-state index in [-0.39, 0.29) is 35.2 Å². The lowest BCUT2D eigenvalue weighted by atomic mass is 10.2. The van der Waals surface area contributed by atoms with Crippen molar-refractivity contribution in [1.82, 2.24) is 14.9 Å². The highest BCUT2D eigenvalue weighted by atomic mass is 35.5. The molecule has 8 heteroatoms. The van der Waals surface area contributed by atoms with Gasteiger partial charge in [0.2, 0.25) is 16.2 Å². The van der Waals surface area contributed by atoms with Gasteiger partial charge in [0.25, 0.3) is 5.91 Å². The number of nitrogens with one attached hydrogen (secondary N) is 1. The number of anilines is 1. The van der Waals surface area contributed by atoms with Crippen molar-refractivity contribution in [2.75, 3.05) is 11.9 Å². The van der Waals surface area contributed by atoms with Crippen molar-refractivity contribution in [2.45, 2.75) is 20.0 Å². The second-order valence-electron chi connectivity index (χ2n) is 6.45. The van der Waals surface area contributed by atoms with Gasteiger partial charge < -0.3 is 9.88 Å². The van der Waals surface area contributed by atoms with E-state index in [1.807, 2.05) is 54.6 Å². The Bertz CT molecular complexity index is 1020. The number of imidazole rings is 1. The monoisotopic (exact) mass is 431 g/mol. The quantitative estimate of drug-likeness (QED) is 0.651. The normalized spacial score (nSPS) is 10.6. The molecule has 2 amide bonds. The van der Waals surface area contributed by atoms with Gasteiger partial charge in [-0.15, -0.1) is 0 Å². The zero-order chi connectivity index (χ0) is 21.0. The minimum Gasteiger partial charge on any atom is -0.354 e. The Labute approximate surface area is 179 Å². The highest BCUT2D eigenvalue weighted by molar-refractivity contribution is 6.29. The molecule has 0 aliphatic heterocycles. The van der Waals surface area contributed by atoms with Crippen LogP contribution in [0.15, 0.2) is 54.6 Å². The van der Waals surface area contributed by atoms with E-state index in [4.69, 9.17) is 23.2 Å². The lowest BCUT2D eigenvalue weighted by Gasteiger charge is -2.20. The number of aromatic nitrogens is 2. The number of carbonyl (C=O) groups excluding carboxylic acids is 2. The van der Waals surface area contributed by atoms with Crippen LogP contribution < -0.4 is 10.2 Å². The number of hydrogen-bond acceptors (Lipinski definition) is 3. The Morgan fingerprint density at radius 1 is 1.10 bits per heavy atom. The number of halogens is 2. The SMILES string of the molecule is CNC(=O)c1c(N(Cc2ccccc2)C(C)=O)nc(Cl)n1Cc1ccc([ClH+])cc1. The molecule has 2 aromatic carbocycles. The lowest BCUT2D eigenvalue weighted by molar-refractivity contribution is -0.288.